The highest BCUT2D eigenvalue weighted by molar-refractivity contribution is 5.96. The number of piperidine rings is 1. The zero-order valence-electron chi connectivity index (χ0n) is 12.7. The number of carbonyl (C=O) groups is 2. The van der Waals surface area contributed by atoms with Crippen molar-refractivity contribution in [2.75, 3.05) is 32.8 Å². The summed E-state index contributed by atoms with van der Waals surface area (Å²) in [4.78, 5) is 25.7. The average Bonchev–Trinajstić information content (AvgIpc) is 3.01. The second kappa shape index (κ2) is 6.64. The van der Waals surface area contributed by atoms with Crippen molar-refractivity contribution < 1.29 is 23.5 Å². The Balaban J connectivity index is 1.48. The van der Waals surface area contributed by atoms with Gasteiger partial charge >= 0.3 is 0 Å². The van der Waals surface area contributed by atoms with Crippen LogP contribution in [0.5, 0.6) is 0 Å². The molecule has 2 amide bonds. The molecule has 0 radical (unpaired) electrons. The third-order valence-electron chi connectivity index (χ3n) is 4.21. The number of halogens is 1. The fourth-order valence-electron chi connectivity index (χ4n) is 2.89. The van der Waals surface area contributed by atoms with Gasteiger partial charge in [-0.1, -0.05) is 12.1 Å². The second-order valence-electron chi connectivity index (χ2n) is 5.65. The van der Waals surface area contributed by atoms with Crippen LogP contribution in [0.15, 0.2) is 24.3 Å². The molecular formula is C16H19FN2O4. The number of carbonyl (C=O) groups excluding carboxylic acids is 2. The number of nitrogens with zero attached hydrogens (tertiary/aromatic N) is 1. The standard InChI is InChI=1S/C16H19FN2O4/c17-13-4-2-1-3-12(13)15(21)18-11-14(20)19-7-5-16(6-8-19)22-9-10-23-16/h1-4H,5-11H2,(H,18,21). The highest BCUT2D eigenvalue weighted by Crippen LogP contribution is 2.31. The molecule has 23 heavy (non-hydrogen) atoms. The van der Waals surface area contributed by atoms with Crippen LogP contribution in [0.25, 0.3) is 0 Å². The summed E-state index contributed by atoms with van der Waals surface area (Å²) in [7, 11) is 0. The number of benzene rings is 1. The van der Waals surface area contributed by atoms with Gasteiger partial charge in [-0.15, -0.1) is 0 Å². The summed E-state index contributed by atoms with van der Waals surface area (Å²) in [6.07, 6.45) is 1.25. The zero-order chi connectivity index (χ0) is 16.3. The number of hydrogen-bond acceptors (Lipinski definition) is 4. The maximum Gasteiger partial charge on any atom is 0.254 e. The van der Waals surface area contributed by atoms with Crippen molar-refractivity contribution in [2.24, 2.45) is 0 Å². The van der Waals surface area contributed by atoms with Gasteiger partial charge in [0.25, 0.3) is 5.91 Å². The first-order valence-corrected chi connectivity index (χ1v) is 7.68. The number of amides is 2. The normalized spacial score (nSPS) is 19.8. The van der Waals surface area contributed by atoms with Crippen molar-refractivity contribution in [3.05, 3.63) is 35.6 Å². The number of nitrogens with one attached hydrogen (secondary N) is 1. The molecule has 2 fully saturated rings. The van der Waals surface area contributed by atoms with E-state index in [0.717, 1.165) is 0 Å². The van der Waals surface area contributed by atoms with Gasteiger partial charge in [0.05, 0.1) is 25.3 Å². The molecule has 1 N–H and O–H groups in total. The number of rotatable bonds is 3. The summed E-state index contributed by atoms with van der Waals surface area (Å²) >= 11 is 0. The summed E-state index contributed by atoms with van der Waals surface area (Å²) in [6, 6.07) is 5.68. The van der Waals surface area contributed by atoms with Crippen molar-refractivity contribution in [1.29, 1.82) is 0 Å². The third kappa shape index (κ3) is 3.51. The summed E-state index contributed by atoms with van der Waals surface area (Å²) in [5, 5.41) is 2.47. The lowest BCUT2D eigenvalue weighted by Gasteiger charge is -2.37. The van der Waals surface area contributed by atoms with E-state index < -0.39 is 17.5 Å². The van der Waals surface area contributed by atoms with E-state index in [1.165, 1.54) is 18.2 Å². The molecule has 3 rings (SSSR count). The monoisotopic (exact) mass is 322 g/mol. The van der Waals surface area contributed by atoms with Gasteiger partial charge in [0.2, 0.25) is 5.91 Å². The molecule has 2 heterocycles. The molecule has 0 atom stereocenters. The largest absolute Gasteiger partial charge is 0.347 e. The summed E-state index contributed by atoms with van der Waals surface area (Å²) in [5.74, 6) is -1.92. The van der Waals surface area contributed by atoms with E-state index in [2.05, 4.69) is 5.32 Å². The first-order chi connectivity index (χ1) is 11.1. The SMILES string of the molecule is O=C(NCC(=O)N1CCC2(CC1)OCCO2)c1ccccc1F. The van der Waals surface area contributed by atoms with Gasteiger partial charge < -0.3 is 19.7 Å². The molecule has 1 aromatic rings. The molecule has 2 saturated heterocycles. The van der Waals surface area contributed by atoms with E-state index in [9.17, 15) is 14.0 Å². The van der Waals surface area contributed by atoms with Gasteiger partial charge in [0, 0.05) is 25.9 Å². The Hall–Kier alpha value is -1.99. The van der Waals surface area contributed by atoms with Crippen LogP contribution < -0.4 is 5.32 Å². The van der Waals surface area contributed by atoms with Crippen LogP contribution in [0.2, 0.25) is 0 Å². The lowest BCUT2D eigenvalue weighted by Crippen LogP contribution is -2.49. The molecule has 1 spiro atoms. The molecule has 0 bridgehead atoms. The molecule has 124 valence electrons. The lowest BCUT2D eigenvalue weighted by molar-refractivity contribution is -0.187. The number of ether oxygens (including phenoxy) is 2. The minimum absolute atomic E-state index is 0.0642. The number of likely N-dealkylation sites (tertiary alicyclic amines) is 1. The predicted molar refractivity (Wildman–Crippen MR) is 79.2 cm³/mol. The fourth-order valence-corrected chi connectivity index (χ4v) is 2.89. The highest BCUT2D eigenvalue weighted by atomic mass is 19.1. The van der Waals surface area contributed by atoms with Gasteiger partial charge in [0.1, 0.15) is 5.82 Å². The highest BCUT2D eigenvalue weighted by Gasteiger charge is 2.40. The van der Waals surface area contributed by atoms with Crippen LogP contribution in [-0.2, 0) is 14.3 Å². The Morgan fingerprint density at radius 3 is 2.48 bits per heavy atom. The van der Waals surface area contributed by atoms with Crippen LogP contribution in [0.1, 0.15) is 23.2 Å². The Morgan fingerprint density at radius 2 is 1.83 bits per heavy atom. The Kier molecular flexibility index (Phi) is 4.58. The average molecular weight is 322 g/mol. The second-order valence-corrected chi connectivity index (χ2v) is 5.65. The topological polar surface area (TPSA) is 67.9 Å². The van der Waals surface area contributed by atoms with E-state index >= 15 is 0 Å². The summed E-state index contributed by atoms with van der Waals surface area (Å²) in [6.45, 7) is 2.07. The molecule has 1 aromatic carbocycles. The third-order valence-corrected chi connectivity index (χ3v) is 4.21. The van der Waals surface area contributed by atoms with E-state index in [-0.39, 0.29) is 18.0 Å². The Morgan fingerprint density at radius 1 is 1.17 bits per heavy atom. The first kappa shape index (κ1) is 15.9. The zero-order valence-corrected chi connectivity index (χ0v) is 12.7. The van der Waals surface area contributed by atoms with Crippen molar-refractivity contribution >= 4 is 11.8 Å². The molecule has 2 aliphatic heterocycles. The maximum absolute atomic E-state index is 13.5. The molecule has 7 heteroatoms. The van der Waals surface area contributed by atoms with Crippen molar-refractivity contribution in [2.45, 2.75) is 18.6 Å². The predicted octanol–water partition coefficient (Wildman–Crippen LogP) is 0.921. The van der Waals surface area contributed by atoms with Crippen LogP contribution in [0, 0.1) is 5.82 Å². The molecule has 0 unspecified atom stereocenters. The Labute approximate surface area is 133 Å². The smallest absolute Gasteiger partial charge is 0.254 e. The number of hydrogen-bond donors (Lipinski definition) is 1. The summed E-state index contributed by atoms with van der Waals surface area (Å²) < 4.78 is 24.7. The van der Waals surface area contributed by atoms with Crippen LogP contribution in [0.4, 0.5) is 4.39 Å². The van der Waals surface area contributed by atoms with Gasteiger partial charge in [-0.25, -0.2) is 4.39 Å². The van der Waals surface area contributed by atoms with Gasteiger partial charge in [0.15, 0.2) is 5.79 Å². The van der Waals surface area contributed by atoms with E-state index in [1.54, 1.807) is 11.0 Å². The minimum atomic E-state index is -0.604. The van der Waals surface area contributed by atoms with E-state index in [0.29, 0.717) is 39.1 Å². The van der Waals surface area contributed by atoms with Crippen LogP contribution in [0.3, 0.4) is 0 Å². The maximum atomic E-state index is 13.5. The fraction of sp³-hybridized carbons (Fsp3) is 0.500. The van der Waals surface area contributed by atoms with Gasteiger partial charge in [-0.05, 0) is 12.1 Å². The summed E-state index contributed by atoms with van der Waals surface area (Å²) in [5.41, 5.74) is -0.0642. The quantitative estimate of drug-likeness (QED) is 0.899. The molecular weight excluding hydrogens is 303 g/mol. The van der Waals surface area contributed by atoms with Crippen LogP contribution in [-0.4, -0.2) is 55.3 Å². The minimum Gasteiger partial charge on any atom is -0.347 e. The first-order valence-electron chi connectivity index (χ1n) is 7.68. The van der Waals surface area contributed by atoms with E-state index in [1.807, 2.05) is 0 Å². The van der Waals surface area contributed by atoms with Gasteiger partial charge in [-0.2, -0.15) is 0 Å². The van der Waals surface area contributed by atoms with Gasteiger partial charge in [-0.3, -0.25) is 9.59 Å². The molecule has 2 aliphatic rings. The van der Waals surface area contributed by atoms with Crippen LogP contribution >= 0.6 is 0 Å². The van der Waals surface area contributed by atoms with E-state index in [4.69, 9.17) is 9.47 Å². The molecule has 0 aliphatic carbocycles. The van der Waals surface area contributed by atoms with Crippen molar-refractivity contribution in [3.63, 3.8) is 0 Å². The molecule has 6 nitrogen and oxygen atoms in total. The van der Waals surface area contributed by atoms with Crippen molar-refractivity contribution in [3.8, 4) is 0 Å². The lowest BCUT2D eigenvalue weighted by atomic mass is 10.0. The molecule has 0 aromatic heterocycles. The Bertz CT molecular complexity index is 591. The van der Waals surface area contributed by atoms with Crippen molar-refractivity contribution in [1.82, 2.24) is 10.2 Å². The molecule has 0 saturated carbocycles.